The molecular weight excluding hydrogens is 590 g/mol. The van der Waals surface area contributed by atoms with E-state index >= 15 is 0 Å². The van der Waals surface area contributed by atoms with Crippen molar-refractivity contribution in [2.45, 2.75) is 57.2 Å². The number of hydrogen-bond donors (Lipinski definition) is 1. The molecular formula is C31H36BrN3O4S. The molecule has 4 rings (SSSR count). The number of sulfonamides is 1. The number of carbonyl (C=O) groups is 2. The van der Waals surface area contributed by atoms with Crippen LogP contribution in [-0.2, 0) is 32.6 Å². The first-order valence-corrected chi connectivity index (χ1v) is 16.3. The van der Waals surface area contributed by atoms with E-state index in [1.807, 2.05) is 60.7 Å². The van der Waals surface area contributed by atoms with Gasteiger partial charge in [-0.1, -0.05) is 92.1 Å². The lowest BCUT2D eigenvalue weighted by Gasteiger charge is -2.35. The maximum absolute atomic E-state index is 14.1. The maximum Gasteiger partial charge on any atom is 0.244 e. The zero-order chi connectivity index (χ0) is 28.5. The molecule has 9 heteroatoms. The van der Waals surface area contributed by atoms with Crippen LogP contribution in [0.15, 0.2) is 89.4 Å². The highest BCUT2D eigenvalue weighted by Crippen LogP contribution is 2.28. The molecule has 1 fully saturated rings. The summed E-state index contributed by atoms with van der Waals surface area (Å²) in [7, 11) is -3.81. The van der Waals surface area contributed by atoms with Gasteiger partial charge in [-0.05, 0) is 52.0 Å². The van der Waals surface area contributed by atoms with Crippen molar-refractivity contribution in [2.75, 3.05) is 17.1 Å². The number of nitrogens with one attached hydrogen (secondary N) is 1. The Kier molecular flexibility index (Phi) is 10.4. The summed E-state index contributed by atoms with van der Waals surface area (Å²) in [6, 6.07) is 25.2. The summed E-state index contributed by atoms with van der Waals surface area (Å²) in [5.74, 6) is -0.670. The monoisotopic (exact) mass is 625 g/mol. The quantitative estimate of drug-likeness (QED) is 0.313. The molecule has 0 bridgehead atoms. The van der Waals surface area contributed by atoms with E-state index in [4.69, 9.17) is 0 Å². The van der Waals surface area contributed by atoms with E-state index in [0.717, 1.165) is 53.8 Å². The molecule has 0 spiro atoms. The van der Waals surface area contributed by atoms with Crippen LogP contribution < -0.4 is 9.62 Å². The van der Waals surface area contributed by atoms with Crippen molar-refractivity contribution in [1.82, 2.24) is 10.2 Å². The molecule has 1 atom stereocenters. The van der Waals surface area contributed by atoms with Crippen LogP contribution in [0.4, 0.5) is 5.69 Å². The highest BCUT2D eigenvalue weighted by Gasteiger charge is 2.34. The summed E-state index contributed by atoms with van der Waals surface area (Å²) >= 11 is 3.43. The van der Waals surface area contributed by atoms with Gasteiger partial charge in [0, 0.05) is 23.5 Å². The predicted molar refractivity (Wildman–Crippen MR) is 162 cm³/mol. The van der Waals surface area contributed by atoms with Crippen LogP contribution in [0, 0.1) is 0 Å². The van der Waals surface area contributed by atoms with Crippen molar-refractivity contribution in [3.8, 4) is 0 Å². The van der Waals surface area contributed by atoms with Crippen molar-refractivity contribution in [2.24, 2.45) is 0 Å². The van der Waals surface area contributed by atoms with Gasteiger partial charge in [0.25, 0.3) is 0 Å². The second-order valence-electron chi connectivity index (χ2n) is 10.3. The minimum atomic E-state index is -3.81. The summed E-state index contributed by atoms with van der Waals surface area (Å²) in [5, 5.41) is 3.21. The van der Waals surface area contributed by atoms with Gasteiger partial charge in [0.15, 0.2) is 0 Å². The Morgan fingerprint density at radius 1 is 0.875 bits per heavy atom. The van der Waals surface area contributed by atoms with Crippen LogP contribution in [0.1, 0.15) is 43.2 Å². The Hall–Kier alpha value is -3.17. The van der Waals surface area contributed by atoms with E-state index in [0.29, 0.717) is 16.6 Å². The summed E-state index contributed by atoms with van der Waals surface area (Å²) in [4.78, 5) is 29.6. The number of halogens is 1. The van der Waals surface area contributed by atoms with Crippen LogP contribution in [0.2, 0.25) is 0 Å². The van der Waals surface area contributed by atoms with Gasteiger partial charge < -0.3 is 10.2 Å². The first-order valence-electron chi connectivity index (χ1n) is 13.6. The zero-order valence-electron chi connectivity index (χ0n) is 22.7. The van der Waals surface area contributed by atoms with Crippen LogP contribution in [-0.4, -0.2) is 50.0 Å². The number of hydrogen-bond acceptors (Lipinski definition) is 4. The van der Waals surface area contributed by atoms with E-state index in [2.05, 4.69) is 21.2 Å². The largest absolute Gasteiger partial charge is 0.352 e. The molecule has 3 aromatic carbocycles. The van der Waals surface area contributed by atoms with Crippen molar-refractivity contribution in [1.29, 1.82) is 0 Å². The molecule has 212 valence electrons. The molecule has 3 aromatic rings. The fourth-order valence-electron chi connectivity index (χ4n) is 5.13. The summed E-state index contributed by atoms with van der Waals surface area (Å²) in [6.45, 7) is -0.265. The molecule has 0 aliphatic heterocycles. The number of carbonyl (C=O) groups excluding carboxylic acids is 2. The lowest BCUT2D eigenvalue weighted by Crippen LogP contribution is -2.55. The molecule has 40 heavy (non-hydrogen) atoms. The van der Waals surface area contributed by atoms with Gasteiger partial charge in [0.2, 0.25) is 21.8 Å². The van der Waals surface area contributed by atoms with Gasteiger partial charge in [-0.2, -0.15) is 0 Å². The number of rotatable bonds is 11. The third kappa shape index (κ3) is 8.17. The zero-order valence-corrected chi connectivity index (χ0v) is 25.1. The van der Waals surface area contributed by atoms with Crippen molar-refractivity contribution in [3.63, 3.8) is 0 Å². The van der Waals surface area contributed by atoms with Crippen LogP contribution in [0.5, 0.6) is 0 Å². The number of nitrogens with zero attached hydrogens (tertiary/aromatic N) is 2. The Labute approximate surface area is 245 Å². The summed E-state index contributed by atoms with van der Waals surface area (Å²) in [5.41, 5.74) is 2.14. The molecule has 1 saturated carbocycles. The molecule has 7 nitrogen and oxygen atoms in total. The third-order valence-electron chi connectivity index (χ3n) is 7.22. The highest BCUT2D eigenvalue weighted by molar-refractivity contribution is 9.10. The Balaban J connectivity index is 1.71. The van der Waals surface area contributed by atoms with E-state index in [9.17, 15) is 18.0 Å². The highest BCUT2D eigenvalue weighted by atomic mass is 79.9. The fourth-order valence-corrected chi connectivity index (χ4v) is 6.60. The van der Waals surface area contributed by atoms with Crippen LogP contribution in [0.25, 0.3) is 0 Å². The van der Waals surface area contributed by atoms with Gasteiger partial charge >= 0.3 is 0 Å². The third-order valence-corrected chi connectivity index (χ3v) is 9.02. The maximum atomic E-state index is 14.1. The molecule has 2 amide bonds. The lowest BCUT2D eigenvalue weighted by molar-refractivity contribution is -0.140. The molecule has 0 aromatic heterocycles. The Bertz CT molecular complexity index is 1380. The molecule has 0 unspecified atom stereocenters. The minimum Gasteiger partial charge on any atom is -0.352 e. The standard InChI is InChI=1S/C31H36BrN3O4S/c1-40(38,39)35(28-20-12-11-19-27(28)32)23-30(36)34(22-25-15-7-3-8-16-25)29(21-24-13-5-2-6-14-24)31(37)33-26-17-9-4-10-18-26/h2-3,5-8,11-16,19-20,26,29H,4,9-10,17-18,21-23H2,1H3,(H,33,37)/t29-/m0/s1. The molecule has 0 saturated heterocycles. The van der Waals surface area contributed by atoms with Gasteiger partial charge in [-0.3, -0.25) is 13.9 Å². The first kappa shape index (κ1) is 29.8. The minimum absolute atomic E-state index is 0.0704. The van der Waals surface area contributed by atoms with Crippen molar-refractivity contribution >= 4 is 43.5 Å². The molecule has 1 N–H and O–H groups in total. The molecule has 1 aliphatic carbocycles. The lowest BCUT2D eigenvalue weighted by atomic mass is 9.94. The van der Waals surface area contributed by atoms with E-state index in [1.165, 1.54) is 4.90 Å². The first-order chi connectivity index (χ1) is 19.2. The van der Waals surface area contributed by atoms with Crippen molar-refractivity contribution in [3.05, 3.63) is 101 Å². The molecule has 1 aliphatic rings. The topological polar surface area (TPSA) is 86.8 Å². The fraction of sp³-hybridized carbons (Fsp3) is 0.355. The number of amides is 2. The normalized spacial score (nSPS) is 14.8. The average Bonchev–Trinajstić information content (AvgIpc) is 2.95. The van der Waals surface area contributed by atoms with Gasteiger partial charge in [-0.15, -0.1) is 0 Å². The number of benzene rings is 3. The smallest absolute Gasteiger partial charge is 0.244 e. The van der Waals surface area contributed by atoms with Crippen molar-refractivity contribution < 1.29 is 18.0 Å². The van der Waals surface area contributed by atoms with E-state index in [-0.39, 0.29) is 18.5 Å². The van der Waals surface area contributed by atoms with Crippen LogP contribution in [0.3, 0.4) is 0 Å². The summed E-state index contributed by atoms with van der Waals surface area (Å²) < 4.78 is 27.5. The molecule has 0 radical (unpaired) electrons. The van der Waals surface area contributed by atoms with Crippen LogP contribution >= 0.6 is 15.9 Å². The van der Waals surface area contributed by atoms with Gasteiger partial charge in [0.1, 0.15) is 12.6 Å². The Morgan fingerprint density at radius 2 is 1.45 bits per heavy atom. The SMILES string of the molecule is CS(=O)(=O)N(CC(=O)N(Cc1ccccc1)[C@@H](Cc1ccccc1)C(=O)NC1CCCCC1)c1ccccc1Br. The second kappa shape index (κ2) is 13.9. The average molecular weight is 627 g/mol. The molecule has 0 heterocycles. The number of anilines is 1. The van der Waals surface area contributed by atoms with Gasteiger partial charge in [-0.25, -0.2) is 8.42 Å². The Morgan fingerprint density at radius 3 is 2.05 bits per heavy atom. The van der Waals surface area contributed by atoms with E-state index < -0.39 is 28.5 Å². The van der Waals surface area contributed by atoms with Gasteiger partial charge in [0.05, 0.1) is 11.9 Å². The van der Waals surface area contributed by atoms with E-state index in [1.54, 1.807) is 24.3 Å². The summed E-state index contributed by atoms with van der Waals surface area (Å²) in [6.07, 6.45) is 6.52. The predicted octanol–water partition coefficient (Wildman–Crippen LogP) is 5.30. The number of para-hydroxylation sites is 1. The second-order valence-corrected chi connectivity index (χ2v) is 13.0.